The van der Waals surface area contributed by atoms with E-state index in [1.807, 2.05) is 0 Å². The van der Waals surface area contributed by atoms with Crippen molar-refractivity contribution in [3.8, 4) is 0 Å². The average molecular weight is 232 g/mol. The molecule has 1 aromatic rings. The minimum Gasteiger partial charge on any atom is -0.330 e. The summed E-state index contributed by atoms with van der Waals surface area (Å²) in [5.41, 5.74) is 7.22. The van der Waals surface area contributed by atoms with Crippen LogP contribution in [0.4, 0.5) is 0 Å². The highest BCUT2D eigenvalue weighted by Gasteiger charge is 2.29. The van der Waals surface area contributed by atoms with E-state index in [0.29, 0.717) is 18.0 Å². The van der Waals surface area contributed by atoms with Crippen LogP contribution >= 0.6 is 0 Å². The van der Waals surface area contributed by atoms with Crippen molar-refractivity contribution >= 4 is 0 Å². The summed E-state index contributed by atoms with van der Waals surface area (Å²) in [5.74, 6) is 0.715. The summed E-state index contributed by atoms with van der Waals surface area (Å²) in [6, 6.07) is 12.1. The summed E-state index contributed by atoms with van der Waals surface area (Å²) in [6.45, 7) is 6.58. The molecule has 1 fully saturated rings. The molecular formula is C15H24N2. The summed E-state index contributed by atoms with van der Waals surface area (Å²) < 4.78 is 0. The summed E-state index contributed by atoms with van der Waals surface area (Å²) in [7, 11) is 0. The van der Waals surface area contributed by atoms with E-state index in [-0.39, 0.29) is 0 Å². The SMILES string of the molecule is C[C@@H]1CC(CN)C[C@@H](C)N1Cc1ccccc1. The molecule has 0 unspecified atom stereocenters. The zero-order chi connectivity index (χ0) is 12.3. The van der Waals surface area contributed by atoms with Gasteiger partial charge in [0, 0.05) is 18.6 Å². The molecule has 0 aromatic heterocycles. The molecule has 0 spiro atoms. The number of nitrogens with zero attached hydrogens (tertiary/aromatic N) is 1. The smallest absolute Gasteiger partial charge is 0.0239 e. The van der Waals surface area contributed by atoms with E-state index in [9.17, 15) is 0 Å². The topological polar surface area (TPSA) is 29.3 Å². The van der Waals surface area contributed by atoms with Gasteiger partial charge >= 0.3 is 0 Å². The molecule has 94 valence electrons. The summed E-state index contributed by atoms with van der Waals surface area (Å²) in [5, 5.41) is 0. The minimum atomic E-state index is 0.646. The van der Waals surface area contributed by atoms with Crippen molar-refractivity contribution in [2.24, 2.45) is 11.7 Å². The van der Waals surface area contributed by atoms with Crippen molar-refractivity contribution in [1.82, 2.24) is 4.90 Å². The van der Waals surface area contributed by atoms with Gasteiger partial charge in [-0.3, -0.25) is 4.90 Å². The quantitative estimate of drug-likeness (QED) is 0.868. The average Bonchev–Trinajstić information content (AvgIpc) is 2.35. The third kappa shape index (κ3) is 3.08. The van der Waals surface area contributed by atoms with Gasteiger partial charge in [0.05, 0.1) is 0 Å². The van der Waals surface area contributed by atoms with Crippen LogP contribution < -0.4 is 5.73 Å². The van der Waals surface area contributed by atoms with Gasteiger partial charge in [-0.05, 0) is 44.7 Å². The Morgan fingerprint density at radius 1 is 1.12 bits per heavy atom. The number of hydrogen-bond donors (Lipinski definition) is 1. The lowest BCUT2D eigenvalue weighted by Crippen LogP contribution is -2.47. The van der Waals surface area contributed by atoms with Crippen LogP contribution in [0.3, 0.4) is 0 Å². The van der Waals surface area contributed by atoms with Gasteiger partial charge in [0.15, 0.2) is 0 Å². The highest BCUT2D eigenvalue weighted by molar-refractivity contribution is 5.15. The minimum absolute atomic E-state index is 0.646. The maximum atomic E-state index is 5.81. The van der Waals surface area contributed by atoms with Crippen LogP contribution in [0.15, 0.2) is 30.3 Å². The lowest BCUT2D eigenvalue weighted by atomic mass is 9.87. The number of likely N-dealkylation sites (tertiary alicyclic amines) is 1. The Labute approximate surface area is 105 Å². The van der Waals surface area contributed by atoms with Crippen LogP contribution in [-0.4, -0.2) is 23.5 Å². The normalized spacial score (nSPS) is 30.4. The number of benzene rings is 1. The summed E-state index contributed by atoms with van der Waals surface area (Å²) in [4.78, 5) is 2.61. The first-order chi connectivity index (χ1) is 8.20. The fourth-order valence-corrected chi connectivity index (χ4v) is 3.06. The first-order valence-corrected chi connectivity index (χ1v) is 6.70. The lowest BCUT2D eigenvalue weighted by Gasteiger charge is -2.42. The Hall–Kier alpha value is -0.860. The maximum Gasteiger partial charge on any atom is 0.0239 e. The number of rotatable bonds is 3. The Bertz CT molecular complexity index is 324. The molecule has 0 saturated carbocycles. The van der Waals surface area contributed by atoms with Gasteiger partial charge in [0.1, 0.15) is 0 Å². The van der Waals surface area contributed by atoms with Gasteiger partial charge in [-0.15, -0.1) is 0 Å². The summed E-state index contributed by atoms with van der Waals surface area (Å²) in [6.07, 6.45) is 2.49. The van der Waals surface area contributed by atoms with Crippen LogP contribution in [0.5, 0.6) is 0 Å². The van der Waals surface area contributed by atoms with Crippen molar-refractivity contribution in [2.75, 3.05) is 6.54 Å². The molecule has 17 heavy (non-hydrogen) atoms. The third-order valence-electron chi connectivity index (χ3n) is 4.02. The molecule has 2 N–H and O–H groups in total. The van der Waals surface area contributed by atoms with Gasteiger partial charge in [0.25, 0.3) is 0 Å². The molecule has 0 bridgehead atoms. The Balaban J connectivity index is 2.01. The van der Waals surface area contributed by atoms with E-state index < -0.39 is 0 Å². The number of hydrogen-bond acceptors (Lipinski definition) is 2. The van der Waals surface area contributed by atoms with Gasteiger partial charge in [0.2, 0.25) is 0 Å². The molecule has 2 rings (SSSR count). The van der Waals surface area contributed by atoms with Crippen LogP contribution in [0.2, 0.25) is 0 Å². The van der Waals surface area contributed by atoms with Crippen LogP contribution in [0.1, 0.15) is 32.3 Å². The van der Waals surface area contributed by atoms with Crippen LogP contribution in [0, 0.1) is 5.92 Å². The van der Waals surface area contributed by atoms with Crippen molar-refractivity contribution in [2.45, 2.75) is 45.3 Å². The molecule has 1 aliphatic rings. The summed E-state index contributed by atoms with van der Waals surface area (Å²) >= 11 is 0. The van der Waals surface area contributed by atoms with E-state index in [1.54, 1.807) is 0 Å². The van der Waals surface area contributed by atoms with Gasteiger partial charge in [-0.1, -0.05) is 30.3 Å². The Morgan fingerprint density at radius 3 is 2.24 bits per heavy atom. The van der Waals surface area contributed by atoms with E-state index >= 15 is 0 Å². The highest BCUT2D eigenvalue weighted by Crippen LogP contribution is 2.28. The molecular weight excluding hydrogens is 208 g/mol. The Morgan fingerprint density at radius 2 is 1.71 bits per heavy atom. The highest BCUT2D eigenvalue weighted by atomic mass is 15.2. The lowest BCUT2D eigenvalue weighted by molar-refractivity contribution is 0.0652. The van der Waals surface area contributed by atoms with Gasteiger partial charge < -0.3 is 5.73 Å². The van der Waals surface area contributed by atoms with E-state index in [4.69, 9.17) is 5.73 Å². The van der Waals surface area contributed by atoms with Crippen molar-refractivity contribution in [3.63, 3.8) is 0 Å². The second-order valence-corrected chi connectivity index (χ2v) is 5.43. The molecule has 2 heteroatoms. The first kappa shape index (κ1) is 12.6. The number of nitrogens with two attached hydrogens (primary N) is 1. The number of piperidine rings is 1. The molecule has 1 heterocycles. The van der Waals surface area contributed by atoms with Crippen molar-refractivity contribution in [3.05, 3.63) is 35.9 Å². The third-order valence-corrected chi connectivity index (χ3v) is 4.02. The molecule has 2 nitrogen and oxygen atoms in total. The standard InChI is InChI=1S/C15H24N2/c1-12-8-15(10-16)9-13(2)17(12)11-14-6-4-3-5-7-14/h3-7,12-13,15H,8-11,16H2,1-2H3/t12-,13-/m1/s1. The van der Waals surface area contributed by atoms with E-state index in [1.165, 1.54) is 18.4 Å². The molecule has 1 saturated heterocycles. The predicted molar refractivity (Wildman–Crippen MR) is 72.7 cm³/mol. The fraction of sp³-hybridized carbons (Fsp3) is 0.600. The second kappa shape index (κ2) is 5.65. The van der Waals surface area contributed by atoms with Gasteiger partial charge in [-0.25, -0.2) is 0 Å². The fourth-order valence-electron chi connectivity index (χ4n) is 3.06. The molecule has 0 radical (unpaired) electrons. The predicted octanol–water partition coefficient (Wildman–Crippen LogP) is 2.63. The monoisotopic (exact) mass is 232 g/mol. The van der Waals surface area contributed by atoms with Gasteiger partial charge in [-0.2, -0.15) is 0 Å². The molecule has 2 atom stereocenters. The molecule has 0 amide bonds. The van der Waals surface area contributed by atoms with Crippen LogP contribution in [-0.2, 0) is 6.54 Å². The first-order valence-electron chi connectivity index (χ1n) is 6.70. The maximum absolute atomic E-state index is 5.81. The van der Waals surface area contributed by atoms with Crippen molar-refractivity contribution in [1.29, 1.82) is 0 Å². The molecule has 1 aliphatic heterocycles. The van der Waals surface area contributed by atoms with Crippen LogP contribution in [0.25, 0.3) is 0 Å². The zero-order valence-corrected chi connectivity index (χ0v) is 11.0. The molecule has 1 aromatic carbocycles. The van der Waals surface area contributed by atoms with E-state index in [0.717, 1.165) is 13.1 Å². The largest absolute Gasteiger partial charge is 0.330 e. The zero-order valence-electron chi connectivity index (χ0n) is 11.0. The second-order valence-electron chi connectivity index (χ2n) is 5.43. The van der Waals surface area contributed by atoms with Crippen molar-refractivity contribution < 1.29 is 0 Å². The molecule has 0 aliphatic carbocycles. The Kier molecular flexibility index (Phi) is 4.19. The van der Waals surface area contributed by atoms with E-state index in [2.05, 4.69) is 49.1 Å².